The third kappa shape index (κ3) is 4.33. The van der Waals surface area contributed by atoms with Gasteiger partial charge in [0.1, 0.15) is 11.6 Å². The number of hydrogen-bond acceptors (Lipinski definition) is 2. The second kappa shape index (κ2) is 9.36. The van der Waals surface area contributed by atoms with Crippen molar-refractivity contribution in [3.8, 4) is 6.07 Å². The SMILES string of the molecule is Cc1c(/C=C(\C#N)C(=O)N[C@@H](C)c2ccccc2)c2ccccc2n1Cc1ccccc1. The molecule has 0 aliphatic rings. The zero-order valence-corrected chi connectivity index (χ0v) is 18.2. The molecule has 1 N–H and O–H groups in total. The van der Waals surface area contributed by atoms with Crippen LogP contribution in [0.15, 0.2) is 90.5 Å². The standard InChI is InChI=1S/C28H25N3O/c1-20(23-13-7-4-8-14-23)30-28(32)24(18-29)17-26-21(2)31(19-22-11-5-3-6-12-22)27-16-10-9-15-25(26)27/h3-17,20H,19H2,1-2H3,(H,30,32)/b24-17+/t20-/m0/s1. The maximum Gasteiger partial charge on any atom is 0.262 e. The van der Waals surface area contributed by atoms with Crippen LogP contribution in [0.2, 0.25) is 0 Å². The fourth-order valence-electron chi connectivity index (χ4n) is 4.00. The van der Waals surface area contributed by atoms with Gasteiger partial charge >= 0.3 is 0 Å². The predicted molar refractivity (Wildman–Crippen MR) is 129 cm³/mol. The minimum Gasteiger partial charge on any atom is -0.345 e. The van der Waals surface area contributed by atoms with E-state index in [-0.39, 0.29) is 17.5 Å². The summed E-state index contributed by atoms with van der Waals surface area (Å²) in [5, 5.41) is 13.7. The molecule has 0 spiro atoms. The molecular weight excluding hydrogens is 394 g/mol. The second-order valence-electron chi connectivity index (χ2n) is 7.86. The van der Waals surface area contributed by atoms with E-state index in [9.17, 15) is 10.1 Å². The smallest absolute Gasteiger partial charge is 0.262 e. The quantitative estimate of drug-likeness (QED) is 0.318. The molecule has 0 bridgehead atoms. The molecule has 1 amide bonds. The van der Waals surface area contributed by atoms with Crippen molar-refractivity contribution < 1.29 is 4.79 Å². The molecule has 0 aliphatic heterocycles. The first-order chi connectivity index (χ1) is 15.6. The summed E-state index contributed by atoms with van der Waals surface area (Å²) < 4.78 is 2.23. The monoisotopic (exact) mass is 419 g/mol. The minimum atomic E-state index is -0.372. The number of rotatable bonds is 6. The summed E-state index contributed by atoms with van der Waals surface area (Å²) in [7, 11) is 0. The van der Waals surface area contributed by atoms with Crippen molar-refractivity contribution in [3.05, 3.63) is 113 Å². The zero-order valence-electron chi connectivity index (χ0n) is 18.2. The number of benzene rings is 3. The Kier molecular flexibility index (Phi) is 6.19. The first-order valence-electron chi connectivity index (χ1n) is 10.7. The molecule has 4 rings (SSSR count). The average Bonchev–Trinajstić information content (AvgIpc) is 3.09. The van der Waals surface area contributed by atoms with E-state index in [1.54, 1.807) is 6.08 Å². The summed E-state index contributed by atoms with van der Waals surface area (Å²) >= 11 is 0. The Morgan fingerprint density at radius 2 is 1.62 bits per heavy atom. The fraction of sp³-hybridized carbons (Fsp3) is 0.143. The van der Waals surface area contributed by atoms with Gasteiger partial charge in [0.25, 0.3) is 5.91 Å². The number of nitriles is 1. The lowest BCUT2D eigenvalue weighted by atomic mass is 10.1. The lowest BCUT2D eigenvalue weighted by Crippen LogP contribution is -2.27. The van der Waals surface area contributed by atoms with Crippen LogP contribution in [0.3, 0.4) is 0 Å². The van der Waals surface area contributed by atoms with Gasteiger partial charge in [-0.05, 0) is 37.1 Å². The van der Waals surface area contributed by atoms with Crippen LogP contribution in [-0.4, -0.2) is 10.5 Å². The maximum absolute atomic E-state index is 12.9. The molecule has 1 aromatic heterocycles. The molecule has 0 fully saturated rings. The molecule has 4 heteroatoms. The highest BCUT2D eigenvalue weighted by Crippen LogP contribution is 2.29. The Morgan fingerprint density at radius 1 is 1.00 bits per heavy atom. The van der Waals surface area contributed by atoms with Crippen molar-refractivity contribution in [1.29, 1.82) is 5.26 Å². The third-order valence-corrected chi connectivity index (χ3v) is 5.76. The first-order valence-corrected chi connectivity index (χ1v) is 10.7. The van der Waals surface area contributed by atoms with E-state index in [1.165, 1.54) is 5.56 Å². The van der Waals surface area contributed by atoms with Gasteiger partial charge in [0.05, 0.1) is 6.04 Å². The fourth-order valence-corrected chi connectivity index (χ4v) is 4.00. The highest BCUT2D eigenvalue weighted by atomic mass is 16.1. The van der Waals surface area contributed by atoms with Gasteiger partial charge in [-0.2, -0.15) is 5.26 Å². The maximum atomic E-state index is 12.9. The summed E-state index contributed by atoms with van der Waals surface area (Å²) in [4.78, 5) is 12.9. The van der Waals surface area contributed by atoms with E-state index in [0.717, 1.165) is 34.3 Å². The van der Waals surface area contributed by atoms with Crippen molar-refractivity contribution in [2.75, 3.05) is 0 Å². The van der Waals surface area contributed by atoms with Crippen LogP contribution in [0.4, 0.5) is 0 Å². The van der Waals surface area contributed by atoms with Crippen LogP contribution in [0.5, 0.6) is 0 Å². The van der Waals surface area contributed by atoms with Crippen LogP contribution in [-0.2, 0) is 11.3 Å². The number of amides is 1. The normalized spacial score (nSPS) is 12.3. The molecule has 0 saturated heterocycles. The van der Waals surface area contributed by atoms with Crippen molar-refractivity contribution in [2.45, 2.75) is 26.4 Å². The number of fused-ring (bicyclic) bond motifs is 1. The Labute approximate surface area is 188 Å². The lowest BCUT2D eigenvalue weighted by molar-refractivity contribution is -0.117. The molecule has 3 aromatic carbocycles. The predicted octanol–water partition coefficient (Wildman–Crippen LogP) is 5.78. The van der Waals surface area contributed by atoms with E-state index in [0.29, 0.717) is 0 Å². The highest BCUT2D eigenvalue weighted by molar-refractivity contribution is 6.04. The topological polar surface area (TPSA) is 57.8 Å². The Bertz CT molecular complexity index is 1310. The van der Waals surface area contributed by atoms with Gasteiger partial charge in [-0.3, -0.25) is 4.79 Å². The van der Waals surface area contributed by atoms with Gasteiger partial charge in [-0.15, -0.1) is 0 Å². The number of nitrogens with zero attached hydrogens (tertiary/aromatic N) is 2. The number of carbonyl (C=O) groups is 1. The Morgan fingerprint density at radius 3 is 2.31 bits per heavy atom. The third-order valence-electron chi connectivity index (χ3n) is 5.76. The summed E-state index contributed by atoms with van der Waals surface area (Å²) in [6, 6.07) is 30.0. The van der Waals surface area contributed by atoms with E-state index >= 15 is 0 Å². The van der Waals surface area contributed by atoms with E-state index in [2.05, 4.69) is 34.2 Å². The van der Waals surface area contributed by atoms with Crippen molar-refractivity contribution in [3.63, 3.8) is 0 Å². The number of aromatic nitrogens is 1. The number of carbonyl (C=O) groups excluding carboxylic acids is 1. The highest BCUT2D eigenvalue weighted by Gasteiger charge is 2.17. The van der Waals surface area contributed by atoms with Crippen molar-refractivity contribution >= 4 is 22.9 Å². The molecule has 4 nitrogen and oxygen atoms in total. The molecule has 4 aromatic rings. The molecule has 0 unspecified atom stereocenters. The van der Waals surface area contributed by atoms with Crippen LogP contribution < -0.4 is 5.32 Å². The van der Waals surface area contributed by atoms with Crippen LogP contribution >= 0.6 is 0 Å². The summed E-state index contributed by atoms with van der Waals surface area (Å²) in [5.41, 5.74) is 5.28. The van der Waals surface area contributed by atoms with Crippen LogP contribution in [0.1, 0.15) is 35.3 Å². The molecule has 158 valence electrons. The van der Waals surface area contributed by atoms with Gasteiger partial charge in [0.15, 0.2) is 0 Å². The van der Waals surface area contributed by atoms with E-state index in [1.807, 2.05) is 80.6 Å². The number of hydrogen-bond donors (Lipinski definition) is 1. The van der Waals surface area contributed by atoms with Gasteiger partial charge < -0.3 is 9.88 Å². The van der Waals surface area contributed by atoms with Gasteiger partial charge in [0, 0.05) is 28.7 Å². The van der Waals surface area contributed by atoms with Gasteiger partial charge in [0.2, 0.25) is 0 Å². The van der Waals surface area contributed by atoms with Crippen molar-refractivity contribution in [1.82, 2.24) is 9.88 Å². The Balaban J connectivity index is 1.69. The van der Waals surface area contributed by atoms with Gasteiger partial charge in [-0.25, -0.2) is 0 Å². The molecule has 0 radical (unpaired) electrons. The first kappa shape index (κ1) is 21.1. The van der Waals surface area contributed by atoms with E-state index < -0.39 is 0 Å². The molecule has 1 heterocycles. The summed E-state index contributed by atoms with van der Waals surface area (Å²) in [5.74, 6) is -0.372. The van der Waals surface area contributed by atoms with Crippen LogP contribution in [0.25, 0.3) is 17.0 Å². The van der Waals surface area contributed by atoms with Crippen LogP contribution in [0, 0.1) is 18.3 Å². The molecule has 0 saturated carbocycles. The summed E-state index contributed by atoms with van der Waals surface area (Å²) in [6.45, 7) is 4.67. The number of para-hydroxylation sites is 1. The zero-order chi connectivity index (χ0) is 22.5. The number of nitrogens with one attached hydrogen (secondary N) is 1. The molecule has 0 aliphatic carbocycles. The second-order valence-corrected chi connectivity index (χ2v) is 7.86. The largest absolute Gasteiger partial charge is 0.345 e. The molecular formula is C28H25N3O. The van der Waals surface area contributed by atoms with E-state index in [4.69, 9.17) is 0 Å². The molecule has 32 heavy (non-hydrogen) atoms. The average molecular weight is 420 g/mol. The summed E-state index contributed by atoms with van der Waals surface area (Å²) in [6.07, 6.45) is 1.71. The molecule has 1 atom stereocenters. The van der Waals surface area contributed by atoms with Gasteiger partial charge in [-0.1, -0.05) is 78.9 Å². The lowest BCUT2D eigenvalue weighted by Gasteiger charge is -2.13. The Hall–Kier alpha value is -4.10. The van der Waals surface area contributed by atoms with Crippen molar-refractivity contribution in [2.24, 2.45) is 0 Å². The minimum absolute atomic E-state index is 0.0958.